The van der Waals surface area contributed by atoms with Gasteiger partial charge in [-0.15, -0.1) is 0 Å². The summed E-state index contributed by atoms with van der Waals surface area (Å²) in [5, 5.41) is 9.29. The molecule has 0 spiro atoms. The van der Waals surface area contributed by atoms with Crippen molar-refractivity contribution in [2.24, 2.45) is 0 Å². The molecular weight excluding hydrogens is 266 g/mol. The third-order valence-electron chi connectivity index (χ3n) is 2.48. The van der Waals surface area contributed by atoms with Crippen LogP contribution in [0.5, 0.6) is 0 Å². The first-order valence-electron chi connectivity index (χ1n) is 5.66. The summed E-state index contributed by atoms with van der Waals surface area (Å²) in [7, 11) is 3.72. The number of esters is 1. The van der Waals surface area contributed by atoms with Crippen LogP contribution in [-0.4, -0.2) is 31.5 Å². The molecule has 0 saturated carbocycles. The van der Waals surface area contributed by atoms with Crippen LogP contribution in [0.4, 0.5) is 5.69 Å². The van der Waals surface area contributed by atoms with Crippen molar-refractivity contribution in [1.29, 1.82) is 5.26 Å². The van der Waals surface area contributed by atoms with E-state index in [1.807, 2.05) is 25.1 Å². The Bertz CT molecular complexity index is 523. The van der Waals surface area contributed by atoms with Crippen molar-refractivity contribution in [3.8, 4) is 6.07 Å². The van der Waals surface area contributed by atoms with Crippen LogP contribution in [0.15, 0.2) is 12.1 Å². The minimum absolute atomic E-state index is 0.236. The molecule has 0 amide bonds. The maximum Gasteiger partial charge on any atom is 0.303 e. The molecule has 6 heteroatoms. The van der Waals surface area contributed by atoms with Gasteiger partial charge < -0.3 is 15.4 Å². The fraction of sp³-hybridized carbons (Fsp3) is 0.385. The van der Waals surface area contributed by atoms with E-state index >= 15 is 0 Å². The van der Waals surface area contributed by atoms with E-state index in [0.717, 1.165) is 0 Å². The van der Waals surface area contributed by atoms with E-state index in [0.29, 0.717) is 12.1 Å². The monoisotopic (exact) mass is 281 g/mol. The van der Waals surface area contributed by atoms with E-state index in [9.17, 15) is 4.79 Å². The molecule has 0 saturated heterocycles. The zero-order valence-corrected chi connectivity index (χ0v) is 11.9. The lowest BCUT2D eigenvalue weighted by atomic mass is 10.0. The Morgan fingerprint density at radius 3 is 2.68 bits per heavy atom. The molecular formula is C13H16ClN3O2. The van der Waals surface area contributed by atoms with Crippen LogP contribution in [0.3, 0.4) is 0 Å². The van der Waals surface area contributed by atoms with Gasteiger partial charge in [0.25, 0.3) is 0 Å². The SMILES string of the molecule is CC(=O)OC(CN(C)C)c1cc(Cl)c(N)c(C#N)c1. The summed E-state index contributed by atoms with van der Waals surface area (Å²) < 4.78 is 5.25. The molecule has 0 aliphatic rings. The van der Waals surface area contributed by atoms with E-state index in [4.69, 9.17) is 27.3 Å². The summed E-state index contributed by atoms with van der Waals surface area (Å²) in [4.78, 5) is 13.0. The summed E-state index contributed by atoms with van der Waals surface area (Å²) in [6.07, 6.45) is -0.488. The molecule has 102 valence electrons. The first-order chi connectivity index (χ1) is 8.85. The number of ether oxygens (including phenoxy) is 1. The van der Waals surface area contributed by atoms with Gasteiger partial charge in [-0.2, -0.15) is 5.26 Å². The van der Waals surface area contributed by atoms with Crippen molar-refractivity contribution in [1.82, 2.24) is 4.90 Å². The predicted octanol–water partition coefficient (Wildman–Crippen LogP) is 1.96. The molecule has 19 heavy (non-hydrogen) atoms. The van der Waals surface area contributed by atoms with Gasteiger partial charge in [0.15, 0.2) is 0 Å². The highest BCUT2D eigenvalue weighted by Crippen LogP contribution is 2.29. The van der Waals surface area contributed by atoms with Crippen LogP contribution in [0, 0.1) is 11.3 Å². The lowest BCUT2D eigenvalue weighted by Crippen LogP contribution is -2.24. The topological polar surface area (TPSA) is 79.3 Å². The number of carbonyl (C=O) groups is 1. The Hall–Kier alpha value is -1.77. The van der Waals surface area contributed by atoms with Crippen molar-refractivity contribution < 1.29 is 9.53 Å². The number of nitrogens with two attached hydrogens (primary N) is 1. The number of anilines is 1. The third-order valence-corrected chi connectivity index (χ3v) is 2.80. The lowest BCUT2D eigenvalue weighted by molar-refractivity contribution is -0.147. The molecule has 0 bridgehead atoms. The van der Waals surface area contributed by atoms with Gasteiger partial charge in [-0.05, 0) is 31.8 Å². The molecule has 1 rings (SSSR count). The number of hydrogen-bond acceptors (Lipinski definition) is 5. The number of hydrogen-bond donors (Lipinski definition) is 1. The molecule has 5 nitrogen and oxygen atoms in total. The second kappa shape index (κ2) is 6.41. The molecule has 2 N–H and O–H groups in total. The highest BCUT2D eigenvalue weighted by Gasteiger charge is 2.18. The smallest absolute Gasteiger partial charge is 0.303 e. The number of nitrogens with zero attached hydrogens (tertiary/aromatic N) is 2. The van der Waals surface area contributed by atoms with Gasteiger partial charge in [0.05, 0.1) is 16.3 Å². The van der Waals surface area contributed by atoms with E-state index in [2.05, 4.69) is 0 Å². The predicted molar refractivity (Wildman–Crippen MR) is 73.6 cm³/mol. The summed E-state index contributed by atoms with van der Waals surface area (Å²) in [6.45, 7) is 1.83. The van der Waals surface area contributed by atoms with Crippen molar-refractivity contribution >= 4 is 23.3 Å². The van der Waals surface area contributed by atoms with Crippen molar-refractivity contribution in [2.75, 3.05) is 26.4 Å². The van der Waals surface area contributed by atoms with Crippen LogP contribution >= 0.6 is 11.6 Å². The molecule has 0 fully saturated rings. The zero-order chi connectivity index (χ0) is 14.6. The van der Waals surface area contributed by atoms with Crippen LogP contribution in [0.25, 0.3) is 0 Å². The molecule has 1 unspecified atom stereocenters. The van der Waals surface area contributed by atoms with E-state index < -0.39 is 12.1 Å². The number of rotatable bonds is 4. The standard InChI is InChI=1S/C13H16ClN3O2/c1-8(18)19-12(7-17(2)3)9-4-10(6-15)13(16)11(14)5-9/h4-5,12H,7,16H2,1-3H3. The van der Waals surface area contributed by atoms with Crippen LogP contribution in [-0.2, 0) is 9.53 Å². The van der Waals surface area contributed by atoms with Gasteiger partial charge in [-0.1, -0.05) is 11.6 Å². The van der Waals surface area contributed by atoms with Gasteiger partial charge >= 0.3 is 5.97 Å². The highest BCUT2D eigenvalue weighted by molar-refractivity contribution is 6.33. The van der Waals surface area contributed by atoms with Gasteiger partial charge in [0, 0.05) is 13.5 Å². The second-order valence-corrected chi connectivity index (χ2v) is 4.84. The number of likely N-dealkylation sites (N-methyl/N-ethyl adjacent to an activating group) is 1. The Morgan fingerprint density at radius 2 is 2.21 bits per heavy atom. The number of benzene rings is 1. The van der Waals surface area contributed by atoms with Crippen LogP contribution in [0.1, 0.15) is 24.2 Å². The van der Waals surface area contributed by atoms with Crippen LogP contribution in [0.2, 0.25) is 5.02 Å². The molecule has 1 aromatic carbocycles. The Morgan fingerprint density at radius 1 is 1.58 bits per heavy atom. The summed E-state index contributed by atoms with van der Waals surface area (Å²) in [5.41, 5.74) is 6.86. The highest BCUT2D eigenvalue weighted by atomic mass is 35.5. The fourth-order valence-corrected chi connectivity index (χ4v) is 1.89. The average Bonchev–Trinajstić information content (AvgIpc) is 2.30. The lowest BCUT2D eigenvalue weighted by Gasteiger charge is -2.22. The van der Waals surface area contributed by atoms with Crippen molar-refractivity contribution in [2.45, 2.75) is 13.0 Å². The average molecular weight is 282 g/mol. The molecule has 1 atom stereocenters. The molecule has 0 aliphatic carbocycles. The number of nitriles is 1. The third kappa shape index (κ3) is 4.12. The molecule has 0 heterocycles. The van der Waals surface area contributed by atoms with Crippen molar-refractivity contribution in [3.63, 3.8) is 0 Å². The molecule has 1 aromatic rings. The normalized spacial score (nSPS) is 12.0. The molecule has 0 aliphatic heterocycles. The number of nitrogen functional groups attached to an aromatic ring is 1. The summed E-state index contributed by atoms with van der Waals surface area (Å²) in [5.74, 6) is -0.390. The maximum absolute atomic E-state index is 11.2. The van der Waals surface area contributed by atoms with Gasteiger partial charge in [-0.3, -0.25) is 4.79 Å². The maximum atomic E-state index is 11.2. The minimum Gasteiger partial charge on any atom is -0.456 e. The Kier molecular flexibility index (Phi) is 5.16. The van der Waals surface area contributed by atoms with Crippen molar-refractivity contribution in [3.05, 3.63) is 28.3 Å². The second-order valence-electron chi connectivity index (χ2n) is 4.44. The zero-order valence-electron chi connectivity index (χ0n) is 11.1. The summed E-state index contributed by atoms with van der Waals surface area (Å²) >= 11 is 5.98. The summed E-state index contributed by atoms with van der Waals surface area (Å²) in [6, 6.07) is 5.19. The van der Waals surface area contributed by atoms with Crippen LogP contribution < -0.4 is 5.73 Å². The first kappa shape index (κ1) is 15.3. The molecule has 0 radical (unpaired) electrons. The quantitative estimate of drug-likeness (QED) is 0.674. The fourth-order valence-electron chi connectivity index (χ4n) is 1.66. The van der Waals surface area contributed by atoms with E-state index in [1.54, 1.807) is 12.1 Å². The van der Waals surface area contributed by atoms with E-state index in [-0.39, 0.29) is 16.3 Å². The molecule has 0 aromatic heterocycles. The number of halogens is 1. The van der Waals surface area contributed by atoms with Gasteiger partial charge in [-0.25, -0.2) is 0 Å². The minimum atomic E-state index is -0.488. The van der Waals surface area contributed by atoms with Gasteiger partial charge in [0.2, 0.25) is 0 Å². The van der Waals surface area contributed by atoms with Gasteiger partial charge in [0.1, 0.15) is 12.2 Å². The largest absolute Gasteiger partial charge is 0.456 e. The number of carbonyl (C=O) groups excluding carboxylic acids is 1. The Balaban J connectivity index is 3.18. The Labute approximate surface area is 117 Å². The first-order valence-corrected chi connectivity index (χ1v) is 6.04. The van der Waals surface area contributed by atoms with E-state index in [1.165, 1.54) is 6.92 Å².